The average Bonchev–Trinajstić information content (AvgIpc) is 2.91. The number of nitrogens with one attached hydrogen (secondary N) is 2. The van der Waals surface area contributed by atoms with Gasteiger partial charge in [0.15, 0.2) is 0 Å². The Morgan fingerprint density at radius 3 is 2.70 bits per heavy atom. The molecule has 0 bridgehead atoms. The van der Waals surface area contributed by atoms with Crippen molar-refractivity contribution in [2.45, 2.75) is 39.8 Å². The highest BCUT2D eigenvalue weighted by atomic mass is 16.2. The van der Waals surface area contributed by atoms with E-state index in [1.807, 2.05) is 43.5 Å². The van der Waals surface area contributed by atoms with E-state index >= 15 is 0 Å². The van der Waals surface area contributed by atoms with E-state index in [1.165, 1.54) is 0 Å². The lowest BCUT2D eigenvalue weighted by Crippen LogP contribution is -2.55. The number of rotatable bonds is 3. The van der Waals surface area contributed by atoms with Crippen molar-refractivity contribution in [1.82, 2.24) is 25.1 Å². The lowest BCUT2D eigenvalue weighted by atomic mass is 9.95. The summed E-state index contributed by atoms with van der Waals surface area (Å²) < 4.78 is 1.93. The fourth-order valence-electron chi connectivity index (χ4n) is 2.62. The molecule has 1 fully saturated rings. The molecule has 2 rings (SSSR count). The van der Waals surface area contributed by atoms with Crippen molar-refractivity contribution in [1.29, 1.82) is 0 Å². The summed E-state index contributed by atoms with van der Waals surface area (Å²) in [6.07, 6.45) is 3.61. The third-order valence-electron chi connectivity index (χ3n) is 4.08. The van der Waals surface area contributed by atoms with Gasteiger partial charge in [-0.05, 0) is 6.92 Å². The van der Waals surface area contributed by atoms with Crippen molar-refractivity contribution < 1.29 is 9.59 Å². The Hall–Kier alpha value is -1.89. The first-order chi connectivity index (χ1) is 10.7. The molecule has 2 unspecified atom stereocenters. The van der Waals surface area contributed by atoms with Crippen LogP contribution in [-0.4, -0.2) is 51.9 Å². The van der Waals surface area contributed by atoms with Gasteiger partial charge in [0.1, 0.15) is 17.9 Å². The molecule has 7 nitrogen and oxygen atoms in total. The highest BCUT2D eigenvalue weighted by molar-refractivity contribution is 5.89. The summed E-state index contributed by atoms with van der Waals surface area (Å²) in [5.74, 6) is 0.652. The molecular formula is C16H27N5O2. The second-order valence-electron chi connectivity index (χ2n) is 7.09. The molecule has 2 heterocycles. The number of piperazine rings is 1. The van der Waals surface area contributed by atoms with Crippen LogP contribution in [0.5, 0.6) is 0 Å². The second kappa shape index (κ2) is 6.70. The maximum Gasteiger partial charge on any atom is 0.245 e. The number of hydrogen-bond donors (Lipinski definition) is 2. The molecule has 2 atom stereocenters. The standard InChI is InChI=1S/C16H27N5O2/c1-11(19-15(23)16(2,3)4)14(22)21-9-6-17-10-12(21)13-18-7-8-20(13)5/h7-8,11-12,17H,6,9-10H2,1-5H3,(H,19,23). The van der Waals surface area contributed by atoms with E-state index in [1.54, 1.807) is 13.1 Å². The maximum atomic E-state index is 12.8. The molecule has 23 heavy (non-hydrogen) atoms. The van der Waals surface area contributed by atoms with E-state index < -0.39 is 11.5 Å². The Labute approximate surface area is 137 Å². The quantitative estimate of drug-likeness (QED) is 0.847. The van der Waals surface area contributed by atoms with Crippen molar-refractivity contribution >= 4 is 11.8 Å². The topological polar surface area (TPSA) is 79.3 Å². The van der Waals surface area contributed by atoms with Crippen LogP contribution in [0.2, 0.25) is 0 Å². The van der Waals surface area contributed by atoms with Crippen molar-refractivity contribution in [3.8, 4) is 0 Å². The number of carbonyl (C=O) groups is 2. The van der Waals surface area contributed by atoms with Gasteiger partial charge < -0.3 is 20.1 Å². The Balaban J connectivity index is 2.12. The predicted octanol–water partition coefficient (Wildman–Crippen LogP) is 0.444. The minimum absolute atomic E-state index is 0.0721. The van der Waals surface area contributed by atoms with Crippen LogP contribution in [0.25, 0.3) is 0 Å². The van der Waals surface area contributed by atoms with Gasteiger partial charge in [0, 0.05) is 44.5 Å². The molecule has 1 aliphatic rings. The minimum atomic E-state index is -0.553. The molecule has 1 saturated heterocycles. The molecule has 7 heteroatoms. The number of carbonyl (C=O) groups excluding carboxylic acids is 2. The van der Waals surface area contributed by atoms with Crippen LogP contribution in [0.1, 0.15) is 39.6 Å². The average molecular weight is 321 g/mol. The van der Waals surface area contributed by atoms with E-state index in [-0.39, 0.29) is 17.9 Å². The summed E-state index contributed by atoms with van der Waals surface area (Å²) in [5, 5.41) is 6.12. The van der Waals surface area contributed by atoms with E-state index in [0.29, 0.717) is 13.1 Å². The third-order valence-corrected chi connectivity index (χ3v) is 4.08. The van der Waals surface area contributed by atoms with Crippen molar-refractivity contribution in [3.63, 3.8) is 0 Å². The number of aromatic nitrogens is 2. The number of aryl methyl sites for hydroxylation is 1. The Bertz CT molecular complexity index is 575. The number of imidazole rings is 1. The SMILES string of the molecule is CC(NC(=O)C(C)(C)C)C(=O)N1CCNCC1c1nccn1C. The number of amides is 2. The number of hydrogen-bond acceptors (Lipinski definition) is 4. The van der Waals surface area contributed by atoms with Gasteiger partial charge >= 0.3 is 0 Å². The van der Waals surface area contributed by atoms with Gasteiger partial charge in [-0.15, -0.1) is 0 Å². The normalized spacial score (nSPS) is 20.2. The Morgan fingerprint density at radius 1 is 1.43 bits per heavy atom. The molecular weight excluding hydrogens is 294 g/mol. The van der Waals surface area contributed by atoms with Gasteiger partial charge in [0.2, 0.25) is 11.8 Å². The zero-order valence-electron chi connectivity index (χ0n) is 14.6. The molecule has 2 amide bonds. The molecule has 0 aromatic carbocycles. The van der Waals surface area contributed by atoms with Crippen molar-refractivity contribution in [3.05, 3.63) is 18.2 Å². The first-order valence-electron chi connectivity index (χ1n) is 8.01. The van der Waals surface area contributed by atoms with Gasteiger partial charge in [0.05, 0.1) is 0 Å². The van der Waals surface area contributed by atoms with Crippen LogP contribution in [0.4, 0.5) is 0 Å². The molecule has 0 spiro atoms. The van der Waals surface area contributed by atoms with Gasteiger partial charge in [0.25, 0.3) is 0 Å². The molecule has 2 N–H and O–H groups in total. The van der Waals surface area contributed by atoms with Gasteiger partial charge in [-0.25, -0.2) is 4.98 Å². The summed E-state index contributed by atoms with van der Waals surface area (Å²) >= 11 is 0. The lowest BCUT2D eigenvalue weighted by Gasteiger charge is -2.37. The van der Waals surface area contributed by atoms with Crippen LogP contribution in [0, 0.1) is 5.41 Å². The Morgan fingerprint density at radius 2 is 2.13 bits per heavy atom. The molecule has 0 aliphatic carbocycles. The molecule has 0 radical (unpaired) electrons. The molecule has 0 saturated carbocycles. The van der Waals surface area contributed by atoms with Gasteiger partial charge in [-0.2, -0.15) is 0 Å². The van der Waals surface area contributed by atoms with Crippen LogP contribution >= 0.6 is 0 Å². The fraction of sp³-hybridized carbons (Fsp3) is 0.688. The maximum absolute atomic E-state index is 12.8. The monoisotopic (exact) mass is 321 g/mol. The largest absolute Gasteiger partial charge is 0.344 e. The lowest BCUT2D eigenvalue weighted by molar-refractivity contribution is -0.140. The van der Waals surface area contributed by atoms with Crippen molar-refractivity contribution in [2.24, 2.45) is 12.5 Å². The molecule has 1 aromatic heterocycles. The van der Waals surface area contributed by atoms with Crippen LogP contribution in [-0.2, 0) is 16.6 Å². The van der Waals surface area contributed by atoms with Crippen LogP contribution in [0.15, 0.2) is 12.4 Å². The van der Waals surface area contributed by atoms with E-state index in [0.717, 1.165) is 12.4 Å². The van der Waals surface area contributed by atoms with Gasteiger partial charge in [-0.1, -0.05) is 20.8 Å². The summed E-state index contributed by atoms with van der Waals surface area (Å²) in [6.45, 7) is 9.25. The highest BCUT2D eigenvalue weighted by Crippen LogP contribution is 2.21. The zero-order valence-corrected chi connectivity index (χ0v) is 14.6. The van der Waals surface area contributed by atoms with Gasteiger partial charge in [-0.3, -0.25) is 9.59 Å². The summed E-state index contributed by atoms with van der Waals surface area (Å²) in [7, 11) is 1.92. The Kier molecular flexibility index (Phi) is 5.09. The molecule has 1 aromatic rings. The zero-order chi connectivity index (χ0) is 17.2. The summed E-state index contributed by atoms with van der Waals surface area (Å²) in [6, 6.07) is -0.673. The first kappa shape index (κ1) is 17.5. The molecule has 1 aliphatic heterocycles. The second-order valence-corrected chi connectivity index (χ2v) is 7.09. The minimum Gasteiger partial charge on any atom is -0.344 e. The third kappa shape index (κ3) is 3.90. The van der Waals surface area contributed by atoms with E-state index in [2.05, 4.69) is 15.6 Å². The van der Waals surface area contributed by atoms with Crippen LogP contribution in [0.3, 0.4) is 0 Å². The predicted molar refractivity (Wildman–Crippen MR) is 87.6 cm³/mol. The fourth-order valence-corrected chi connectivity index (χ4v) is 2.62. The first-order valence-corrected chi connectivity index (χ1v) is 8.01. The molecule has 128 valence electrons. The van der Waals surface area contributed by atoms with E-state index in [9.17, 15) is 9.59 Å². The van der Waals surface area contributed by atoms with Crippen LogP contribution < -0.4 is 10.6 Å². The summed E-state index contributed by atoms with van der Waals surface area (Å²) in [4.78, 5) is 31.1. The highest BCUT2D eigenvalue weighted by Gasteiger charge is 2.34. The summed E-state index contributed by atoms with van der Waals surface area (Å²) in [5.41, 5.74) is -0.517. The van der Waals surface area contributed by atoms with E-state index in [4.69, 9.17) is 0 Å². The van der Waals surface area contributed by atoms with Crippen molar-refractivity contribution in [2.75, 3.05) is 19.6 Å². The smallest absolute Gasteiger partial charge is 0.245 e. The number of nitrogens with zero attached hydrogens (tertiary/aromatic N) is 3.